The van der Waals surface area contributed by atoms with Crippen molar-refractivity contribution >= 4 is 60.1 Å². The Hall–Kier alpha value is -5.28. The molecule has 2 fully saturated rings. The number of hydrogen-bond acceptors (Lipinski definition) is 11. The molecule has 14 heteroatoms. The molecule has 1 unspecified atom stereocenters. The number of benzene rings is 4. The molecule has 12 nitrogen and oxygen atoms in total. The molecule has 0 radical (unpaired) electrons. The number of ether oxygens (including phenoxy) is 3. The Bertz CT molecular complexity index is 2460. The van der Waals surface area contributed by atoms with Gasteiger partial charge in [-0.15, -0.1) is 11.3 Å². The number of nitrogens with one attached hydrogen (secondary N) is 1. The molecule has 0 spiro atoms. The fraction of sp³-hybridized carbons (Fsp3) is 0.286. The summed E-state index contributed by atoms with van der Waals surface area (Å²) in [6.45, 7) is 7.87. The molecule has 4 heterocycles. The summed E-state index contributed by atoms with van der Waals surface area (Å²) < 4.78 is 22.1. The Labute approximate surface area is 335 Å². The fourth-order valence-electron chi connectivity index (χ4n) is 7.20. The number of piperazine rings is 1. The first-order valence-corrected chi connectivity index (χ1v) is 20.2. The number of aryl methyl sites for hydroxylation is 1. The van der Waals surface area contributed by atoms with E-state index in [0.717, 1.165) is 75.8 Å². The summed E-state index contributed by atoms with van der Waals surface area (Å²) in [7, 11) is 0. The monoisotopic (exact) mass is 837 g/mol. The Morgan fingerprint density at radius 3 is 2.27 bits per heavy atom. The highest BCUT2D eigenvalue weighted by Gasteiger charge is 2.31. The average Bonchev–Trinajstić information content (AvgIpc) is 3.54. The van der Waals surface area contributed by atoms with Crippen LogP contribution in [0.2, 0.25) is 0 Å². The Morgan fingerprint density at radius 2 is 1.55 bits per heavy atom. The van der Waals surface area contributed by atoms with E-state index in [0.29, 0.717) is 41.4 Å². The van der Waals surface area contributed by atoms with Crippen LogP contribution in [0.3, 0.4) is 0 Å². The maximum absolute atomic E-state index is 13.5. The van der Waals surface area contributed by atoms with E-state index < -0.39 is 11.9 Å². The standard InChI is InChI=1S/C42H40BrN5O7S/c1-26-44-38-33(42(52)48(26)34-15-16-37(50)45-41(34)51)3-2-4-35(38)54-24-22-47-19-17-46(18-20-47)21-23-53-30-10-12-31(13-11-30)55-39-32-14-9-29(49)25-36(32)56-40(39)27-5-7-28(43)8-6-27/h2-14,25,34,49H,15-24H2,1H3,(H,45,50,51). The van der Waals surface area contributed by atoms with Crippen molar-refractivity contribution in [2.75, 3.05) is 52.5 Å². The van der Waals surface area contributed by atoms with Crippen LogP contribution < -0.4 is 25.1 Å². The maximum atomic E-state index is 13.5. The SMILES string of the molecule is Cc1nc2c(OCCN3CCN(CCOc4ccc(Oc5c(-c6ccc(Br)cc6)sc6cc(O)ccc56)cc4)CC3)cccc2c(=O)n1C1CCC(=O)NC1=O. The van der Waals surface area contributed by atoms with Crippen LogP contribution >= 0.6 is 27.3 Å². The minimum atomic E-state index is -0.770. The van der Waals surface area contributed by atoms with Gasteiger partial charge in [0.15, 0.2) is 5.75 Å². The van der Waals surface area contributed by atoms with E-state index in [2.05, 4.69) is 48.2 Å². The second-order valence-electron chi connectivity index (χ2n) is 13.9. The number of thiophene rings is 1. The summed E-state index contributed by atoms with van der Waals surface area (Å²) in [6, 6.07) is 25.6. The predicted molar refractivity (Wildman–Crippen MR) is 219 cm³/mol. The minimum absolute atomic E-state index is 0.177. The lowest BCUT2D eigenvalue weighted by atomic mass is 10.1. The molecule has 2 N–H and O–H groups in total. The van der Waals surface area contributed by atoms with Gasteiger partial charge in [0.2, 0.25) is 11.8 Å². The van der Waals surface area contributed by atoms with Crippen LogP contribution in [-0.4, -0.2) is 88.8 Å². The zero-order valence-corrected chi connectivity index (χ0v) is 33.1. The number of carbonyl (C=O) groups is 2. The molecule has 1 atom stereocenters. The number of rotatable bonds is 12. The highest BCUT2D eigenvalue weighted by atomic mass is 79.9. The normalized spacial score (nSPS) is 16.6. The Morgan fingerprint density at radius 1 is 0.857 bits per heavy atom. The topological polar surface area (TPSA) is 135 Å². The van der Waals surface area contributed by atoms with Gasteiger partial charge in [-0.2, -0.15) is 0 Å². The van der Waals surface area contributed by atoms with E-state index in [9.17, 15) is 19.5 Å². The lowest BCUT2D eigenvalue weighted by molar-refractivity contribution is -0.135. The van der Waals surface area contributed by atoms with Gasteiger partial charge < -0.3 is 19.3 Å². The summed E-state index contributed by atoms with van der Waals surface area (Å²) >= 11 is 5.10. The van der Waals surface area contributed by atoms with E-state index in [1.54, 1.807) is 42.5 Å². The molecule has 2 saturated heterocycles. The zero-order chi connectivity index (χ0) is 38.8. The second-order valence-corrected chi connectivity index (χ2v) is 15.8. The van der Waals surface area contributed by atoms with Crippen LogP contribution in [0.15, 0.2) is 94.2 Å². The molecule has 6 aromatic rings. The van der Waals surface area contributed by atoms with Gasteiger partial charge in [0.05, 0.1) is 10.3 Å². The van der Waals surface area contributed by atoms with Crippen molar-refractivity contribution in [1.82, 2.24) is 24.7 Å². The van der Waals surface area contributed by atoms with Crippen molar-refractivity contribution in [3.63, 3.8) is 0 Å². The first-order valence-electron chi connectivity index (χ1n) is 18.6. The van der Waals surface area contributed by atoms with Crippen molar-refractivity contribution in [3.05, 3.63) is 106 Å². The number of para-hydroxylation sites is 1. The van der Waals surface area contributed by atoms with Gasteiger partial charge in [-0.3, -0.25) is 34.1 Å². The number of imide groups is 1. The Balaban J connectivity index is 0.805. The third kappa shape index (κ3) is 8.14. The Kier molecular flexibility index (Phi) is 11.1. The second kappa shape index (κ2) is 16.4. The summed E-state index contributed by atoms with van der Waals surface area (Å²) in [5.74, 6) is 2.56. The molecular formula is C42H40BrN5O7S. The van der Waals surface area contributed by atoms with Crippen LogP contribution in [-0.2, 0) is 9.59 Å². The maximum Gasteiger partial charge on any atom is 0.262 e. The van der Waals surface area contributed by atoms with Gasteiger partial charge in [-0.05, 0) is 85.6 Å². The summed E-state index contributed by atoms with van der Waals surface area (Å²) in [5, 5.41) is 13.7. The lowest BCUT2D eigenvalue weighted by Crippen LogP contribution is -2.48. The third-order valence-corrected chi connectivity index (χ3v) is 11.9. The molecule has 56 heavy (non-hydrogen) atoms. The fourth-order valence-corrected chi connectivity index (χ4v) is 8.64. The zero-order valence-electron chi connectivity index (χ0n) is 30.7. The first-order chi connectivity index (χ1) is 27.2. The van der Waals surface area contributed by atoms with E-state index >= 15 is 0 Å². The smallest absolute Gasteiger partial charge is 0.262 e. The minimum Gasteiger partial charge on any atom is -0.508 e. The summed E-state index contributed by atoms with van der Waals surface area (Å²) in [4.78, 5) is 48.0. The van der Waals surface area contributed by atoms with Crippen LogP contribution in [0.4, 0.5) is 0 Å². The largest absolute Gasteiger partial charge is 0.508 e. The number of halogens is 1. The van der Waals surface area contributed by atoms with E-state index in [-0.39, 0.29) is 30.1 Å². The molecule has 4 aromatic carbocycles. The number of aromatic hydroxyl groups is 1. The molecule has 2 aliphatic heterocycles. The number of phenols is 1. The highest BCUT2D eigenvalue weighted by molar-refractivity contribution is 9.10. The first kappa shape index (κ1) is 37.6. The number of nitrogens with zero attached hydrogens (tertiary/aromatic N) is 4. The number of hydrogen-bond donors (Lipinski definition) is 2. The van der Waals surface area contributed by atoms with Gasteiger partial charge >= 0.3 is 0 Å². The number of carbonyl (C=O) groups excluding carboxylic acids is 2. The van der Waals surface area contributed by atoms with Crippen molar-refractivity contribution in [3.8, 4) is 39.2 Å². The third-order valence-electron chi connectivity index (χ3n) is 10.2. The molecule has 0 saturated carbocycles. The molecular weight excluding hydrogens is 798 g/mol. The number of amides is 2. The molecule has 0 aliphatic carbocycles. The number of phenolic OH excluding ortho intramolecular Hbond substituents is 1. The van der Waals surface area contributed by atoms with Crippen molar-refractivity contribution in [2.45, 2.75) is 25.8 Å². The van der Waals surface area contributed by atoms with Crippen LogP contribution in [0.1, 0.15) is 24.7 Å². The van der Waals surface area contributed by atoms with Crippen molar-refractivity contribution in [1.29, 1.82) is 0 Å². The number of fused-ring (bicyclic) bond motifs is 2. The van der Waals surface area contributed by atoms with E-state index in [4.69, 9.17) is 14.2 Å². The van der Waals surface area contributed by atoms with Crippen molar-refractivity contribution < 1.29 is 28.9 Å². The van der Waals surface area contributed by atoms with Gasteiger partial charge in [0, 0.05) is 60.2 Å². The lowest BCUT2D eigenvalue weighted by Gasteiger charge is -2.34. The summed E-state index contributed by atoms with van der Waals surface area (Å²) in [6.07, 6.45) is 0.439. The number of piperidine rings is 1. The quantitative estimate of drug-likeness (QED) is 0.125. The van der Waals surface area contributed by atoms with Gasteiger partial charge in [-0.25, -0.2) is 4.98 Å². The average molecular weight is 839 g/mol. The van der Waals surface area contributed by atoms with Crippen LogP contribution in [0.5, 0.6) is 28.7 Å². The molecule has 2 aromatic heterocycles. The van der Waals surface area contributed by atoms with E-state index in [1.807, 2.05) is 48.5 Å². The van der Waals surface area contributed by atoms with E-state index in [1.165, 1.54) is 4.57 Å². The predicted octanol–water partition coefficient (Wildman–Crippen LogP) is 6.90. The van der Waals surface area contributed by atoms with Gasteiger partial charge in [0.25, 0.3) is 5.56 Å². The van der Waals surface area contributed by atoms with Crippen LogP contribution in [0.25, 0.3) is 31.4 Å². The molecule has 0 bridgehead atoms. The van der Waals surface area contributed by atoms with Crippen LogP contribution in [0, 0.1) is 6.92 Å². The molecule has 8 rings (SSSR count). The van der Waals surface area contributed by atoms with Crippen molar-refractivity contribution in [2.24, 2.45) is 0 Å². The summed E-state index contributed by atoms with van der Waals surface area (Å²) in [5.41, 5.74) is 1.18. The molecule has 2 amide bonds. The number of aromatic nitrogens is 2. The highest BCUT2D eigenvalue weighted by Crippen LogP contribution is 2.47. The molecule has 288 valence electrons. The van der Waals surface area contributed by atoms with Gasteiger partial charge in [-0.1, -0.05) is 34.1 Å². The van der Waals surface area contributed by atoms with Gasteiger partial charge in [0.1, 0.15) is 53.6 Å². The molecule has 2 aliphatic rings.